The molecular weight excluding hydrogens is 336 g/mol. The lowest BCUT2D eigenvalue weighted by Crippen LogP contribution is -2.28. The summed E-state index contributed by atoms with van der Waals surface area (Å²) in [5.41, 5.74) is 4.53. The quantitative estimate of drug-likeness (QED) is 0.830. The number of hydrogen-bond acceptors (Lipinski definition) is 3. The largest absolute Gasteiger partial charge is 0.326 e. The fourth-order valence-corrected chi connectivity index (χ4v) is 3.90. The van der Waals surface area contributed by atoms with E-state index in [-0.39, 0.29) is 23.8 Å². The molecule has 0 heterocycles. The van der Waals surface area contributed by atoms with Crippen molar-refractivity contribution < 1.29 is 13.2 Å². The molecule has 0 saturated heterocycles. The average Bonchev–Trinajstić information content (AvgIpc) is 2.49. The Morgan fingerprint density at radius 3 is 2.12 bits per heavy atom. The van der Waals surface area contributed by atoms with Gasteiger partial charge in [0.15, 0.2) is 0 Å². The first-order valence-electron chi connectivity index (χ1n) is 8.13. The van der Waals surface area contributed by atoms with Crippen molar-refractivity contribution in [2.45, 2.75) is 39.0 Å². The van der Waals surface area contributed by atoms with Gasteiger partial charge in [0.25, 0.3) is 0 Å². The summed E-state index contributed by atoms with van der Waals surface area (Å²) >= 11 is 0. The Balaban J connectivity index is 1.94. The summed E-state index contributed by atoms with van der Waals surface area (Å²) in [7, 11) is -3.62. The number of carbonyl (C=O) groups excluding carboxylic acids is 1. The smallest absolute Gasteiger partial charge is 0.240 e. The predicted octanol–water partition coefficient (Wildman–Crippen LogP) is 3.23. The molecule has 0 spiro atoms. The monoisotopic (exact) mass is 360 g/mol. The molecule has 0 aliphatic rings. The normalized spacial score (nSPS) is 11.4. The Bertz CT molecular complexity index is 890. The highest BCUT2D eigenvalue weighted by molar-refractivity contribution is 7.89. The van der Waals surface area contributed by atoms with Crippen molar-refractivity contribution in [1.29, 1.82) is 0 Å². The predicted molar refractivity (Wildman–Crippen MR) is 100 cm³/mol. The minimum absolute atomic E-state index is 0.0480. The lowest BCUT2D eigenvalue weighted by atomic mass is 10.1. The van der Waals surface area contributed by atoms with Crippen LogP contribution in [-0.2, 0) is 14.8 Å². The molecule has 0 fully saturated rings. The Kier molecular flexibility index (Phi) is 5.98. The van der Waals surface area contributed by atoms with Crippen LogP contribution in [0.1, 0.15) is 28.7 Å². The maximum absolute atomic E-state index is 12.4. The minimum Gasteiger partial charge on any atom is -0.326 e. The maximum atomic E-state index is 12.4. The molecule has 0 atom stereocenters. The van der Waals surface area contributed by atoms with E-state index in [0.717, 1.165) is 22.4 Å². The van der Waals surface area contributed by atoms with Crippen molar-refractivity contribution in [3.63, 3.8) is 0 Å². The molecule has 25 heavy (non-hydrogen) atoms. The highest BCUT2D eigenvalue weighted by Gasteiger charge is 2.16. The van der Waals surface area contributed by atoms with E-state index in [9.17, 15) is 13.2 Å². The zero-order valence-corrected chi connectivity index (χ0v) is 15.8. The topological polar surface area (TPSA) is 75.3 Å². The maximum Gasteiger partial charge on any atom is 0.240 e. The number of amides is 1. The van der Waals surface area contributed by atoms with Crippen molar-refractivity contribution in [1.82, 2.24) is 4.72 Å². The molecule has 2 rings (SSSR count). The van der Waals surface area contributed by atoms with Crippen LogP contribution in [0.4, 0.5) is 5.69 Å². The molecular formula is C19H24N2O3S. The van der Waals surface area contributed by atoms with Gasteiger partial charge >= 0.3 is 0 Å². The third-order valence-corrected chi connectivity index (χ3v) is 5.54. The molecule has 134 valence electrons. The molecule has 0 saturated carbocycles. The van der Waals surface area contributed by atoms with Crippen molar-refractivity contribution in [3.05, 3.63) is 58.7 Å². The second-order valence-corrected chi connectivity index (χ2v) is 8.02. The standard InChI is InChI=1S/C19H24N2O3S/c1-13-5-7-17(15(3)11-13)21-19(22)9-10-20-25(23,24)18-8-6-14(2)12-16(18)4/h5-8,11-12,20H,9-10H2,1-4H3,(H,21,22). The second kappa shape index (κ2) is 7.80. The van der Waals surface area contributed by atoms with Crippen LogP contribution in [0.3, 0.4) is 0 Å². The molecule has 0 aromatic heterocycles. The molecule has 2 aromatic carbocycles. The molecule has 0 aliphatic heterocycles. The van der Waals surface area contributed by atoms with E-state index in [2.05, 4.69) is 10.0 Å². The first kappa shape index (κ1) is 19.1. The van der Waals surface area contributed by atoms with Crippen molar-refractivity contribution in [2.75, 3.05) is 11.9 Å². The molecule has 2 aromatic rings. The molecule has 5 nitrogen and oxygen atoms in total. The van der Waals surface area contributed by atoms with Crippen LogP contribution >= 0.6 is 0 Å². The van der Waals surface area contributed by atoms with Crippen LogP contribution in [0, 0.1) is 27.7 Å². The number of rotatable bonds is 6. The Morgan fingerprint density at radius 2 is 1.52 bits per heavy atom. The van der Waals surface area contributed by atoms with Gasteiger partial charge in [-0.2, -0.15) is 0 Å². The SMILES string of the molecule is Cc1ccc(NC(=O)CCNS(=O)(=O)c2ccc(C)cc2C)c(C)c1. The summed E-state index contributed by atoms with van der Waals surface area (Å²) < 4.78 is 27.2. The van der Waals surface area contributed by atoms with Crippen LogP contribution in [-0.4, -0.2) is 20.9 Å². The molecule has 0 unspecified atom stereocenters. The highest BCUT2D eigenvalue weighted by atomic mass is 32.2. The summed E-state index contributed by atoms with van der Waals surface area (Å²) in [5, 5.41) is 2.81. The van der Waals surface area contributed by atoms with Crippen molar-refractivity contribution >= 4 is 21.6 Å². The van der Waals surface area contributed by atoms with Crippen LogP contribution in [0.2, 0.25) is 0 Å². The van der Waals surface area contributed by atoms with Gasteiger partial charge in [-0.3, -0.25) is 4.79 Å². The van der Waals surface area contributed by atoms with E-state index in [4.69, 9.17) is 0 Å². The Labute approximate surface area is 149 Å². The molecule has 6 heteroatoms. The molecule has 0 bridgehead atoms. The fourth-order valence-electron chi connectivity index (χ4n) is 2.64. The first-order chi connectivity index (χ1) is 11.7. The lowest BCUT2D eigenvalue weighted by molar-refractivity contribution is -0.116. The number of benzene rings is 2. The average molecular weight is 360 g/mol. The van der Waals surface area contributed by atoms with Crippen LogP contribution in [0.15, 0.2) is 41.3 Å². The van der Waals surface area contributed by atoms with Crippen LogP contribution in [0.25, 0.3) is 0 Å². The van der Waals surface area contributed by atoms with Crippen molar-refractivity contribution in [2.24, 2.45) is 0 Å². The van der Waals surface area contributed by atoms with Gasteiger partial charge < -0.3 is 5.32 Å². The van der Waals surface area contributed by atoms with E-state index in [1.807, 2.05) is 45.0 Å². The van der Waals surface area contributed by atoms with Gasteiger partial charge in [0.2, 0.25) is 15.9 Å². The zero-order valence-electron chi connectivity index (χ0n) is 15.0. The molecule has 2 N–H and O–H groups in total. The van der Waals surface area contributed by atoms with Gasteiger partial charge in [-0.1, -0.05) is 35.4 Å². The van der Waals surface area contributed by atoms with Crippen LogP contribution in [0.5, 0.6) is 0 Å². The number of anilines is 1. The fraction of sp³-hybridized carbons (Fsp3) is 0.316. The van der Waals surface area contributed by atoms with Gasteiger partial charge in [-0.05, 0) is 51.0 Å². The van der Waals surface area contributed by atoms with Gasteiger partial charge in [-0.25, -0.2) is 13.1 Å². The number of nitrogens with one attached hydrogen (secondary N) is 2. The first-order valence-corrected chi connectivity index (χ1v) is 9.61. The third kappa shape index (κ3) is 5.14. The van der Waals surface area contributed by atoms with Crippen LogP contribution < -0.4 is 10.0 Å². The minimum atomic E-state index is -3.62. The summed E-state index contributed by atoms with van der Waals surface area (Å²) in [6, 6.07) is 10.9. The lowest BCUT2D eigenvalue weighted by Gasteiger charge is -2.11. The number of sulfonamides is 1. The number of hydrogen-bond donors (Lipinski definition) is 2. The van der Waals surface area contributed by atoms with Crippen molar-refractivity contribution in [3.8, 4) is 0 Å². The third-order valence-electron chi connectivity index (χ3n) is 3.92. The molecule has 0 radical (unpaired) electrons. The zero-order chi connectivity index (χ0) is 18.6. The van der Waals surface area contributed by atoms with E-state index >= 15 is 0 Å². The van der Waals surface area contributed by atoms with Gasteiger partial charge in [-0.15, -0.1) is 0 Å². The van der Waals surface area contributed by atoms with Gasteiger partial charge in [0.1, 0.15) is 0 Å². The Morgan fingerprint density at radius 1 is 0.920 bits per heavy atom. The second-order valence-electron chi connectivity index (χ2n) is 6.28. The van der Waals surface area contributed by atoms with Gasteiger partial charge in [0.05, 0.1) is 4.90 Å². The summed E-state index contributed by atoms with van der Waals surface area (Å²) in [6.07, 6.45) is 0.0669. The molecule has 1 amide bonds. The highest BCUT2D eigenvalue weighted by Crippen LogP contribution is 2.17. The van der Waals surface area contributed by atoms with E-state index < -0.39 is 10.0 Å². The number of carbonyl (C=O) groups is 1. The van der Waals surface area contributed by atoms with E-state index in [1.54, 1.807) is 19.1 Å². The summed E-state index contributed by atoms with van der Waals surface area (Å²) in [5.74, 6) is -0.227. The summed E-state index contributed by atoms with van der Waals surface area (Å²) in [4.78, 5) is 12.3. The molecule has 0 aliphatic carbocycles. The Hall–Kier alpha value is -2.18. The van der Waals surface area contributed by atoms with E-state index in [1.165, 1.54) is 0 Å². The summed E-state index contributed by atoms with van der Waals surface area (Å²) in [6.45, 7) is 7.63. The van der Waals surface area contributed by atoms with Gasteiger partial charge in [0, 0.05) is 18.7 Å². The number of aryl methyl sites for hydroxylation is 4. The van der Waals surface area contributed by atoms with E-state index in [0.29, 0.717) is 5.56 Å².